The molecule has 0 aliphatic carbocycles. The lowest BCUT2D eigenvalue weighted by Gasteiger charge is -2.21. The van der Waals surface area contributed by atoms with E-state index in [2.05, 4.69) is 20.6 Å². The number of aromatic nitrogens is 4. The van der Waals surface area contributed by atoms with Gasteiger partial charge >= 0.3 is 0 Å². The lowest BCUT2D eigenvalue weighted by molar-refractivity contribution is 0.392. The Hall–Kier alpha value is -2.34. The van der Waals surface area contributed by atoms with Crippen LogP contribution in [0.1, 0.15) is 31.1 Å². The molecule has 0 saturated carbocycles. The minimum atomic E-state index is -0.249. The van der Waals surface area contributed by atoms with E-state index in [-0.39, 0.29) is 11.9 Å². The molecule has 1 aliphatic heterocycles. The molecule has 22 heavy (non-hydrogen) atoms. The van der Waals surface area contributed by atoms with Crippen molar-refractivity contribution < 1.29 is 4.39 Å². The number of hydrogen-bond donors (Lipinski definition) is 1. The third-order valence-corrected chi connectivity index (χ3v) is 4.05. The molecule has 1 N–H and O–H groups in total. The molecule has 0 radical (unpaired) electrons. The molecule has 0 amide bonds. The van der Waals surface area contributed by atoms with Crippen molar-refractivity contribution in [3.05, 3.63) is 48.0 Å². The summed E-state index contributed by atoms with van der Waals surface area (Å²) >= 11 is 0. The Bertz CT molecular complexity index is 790. The second-order valence-electron chi connectivity index (χ2n) is 5.56. The SMILES string of the molecule is Fc1ccc(-c2ccc3nnc([C@H]4CCCCN4)n3n2)cc1. The van der Waals surface area contributed by atoms with E-state index >= 15 is 0 Å². The molecule has 1 saturated heterocycles. The van der Waals surface area contributed by atoms with E-state index in [9.17, 15) is 4.39 Å². The number of nitrogens with one attached hydrogen (secondary N) is 1. The Labute approximate surface area is 127 Å². The Morgan fingerprint density at radius 2 is 1.91 bits per heavy atom. The third-order valence-electron chi connectivity index (χ3n) is 4.05. The van der Waals surface area contributed by atoms with E-state index in [1.165, 1.54) is 25.0 Å². The Morgan fingerprint density at radius 3 is 2.68 bits per heavy atom. The number of nitrogens with zero attached hydrogens (tertiary/aromatic N) is 4. The monoisotopic (exact) mass is 297 g/mol. The fourth-order valence-electron chi connectivity index (χ4n) is 2.87. The molecule has 4 rings (SSSR count). The number of hydrogen-bond acceptors (Lipinski definition) is 4. The lowest BCUT2D eigenvalue weighted by Crippen LogP contribution is -2.28. The van der Waals surface area contributed by atoms with Crippen molar-refractivity contribution in [2.45, 2.75) is 25.3 Å². The molecule has 1 atom stereocenters. The van der Waals surface area contributed by atoms with Gasteiger partial charge in [0.15, 0.2) is 11.5 Å². The normalized spacial score (nSPS) is 18.7. The van der Waals surface area contributed by atoms with Gasteiger partial charge in [0.05, 0.1) is 11.7 Å². The molecule has 112 valence electrons. The first kappa shape index (κ1) is 13.3. The summed E-state index contributed by atoms with van der Waals surface area (Å²) in [5, 5.41) is 16.6. The van der Waals surface area contributed by atoms with Gasteiger partial charge < -0.3 is 5.32 Å². The number of benzene rings is 1. The second kappa shape index (κ2) is 5.46. The van der Waals surface area contributed by atoms with Crippen LogP contribution in [0, 0.1) is 5.82 Å². The fourth-order valence-corrected chi connectivity index (χ4v) is 2.87. The van der Waals surface area contributed by atoms with Gasteiger partial charge in [0.1, 0.15) is 5.82 Å². The molecule has 5 nitrogen and oxygen atoms in total. The van der Waals surface area contributed by atoms with Crippen molar-refractivity contribution in [2.75, 3.05) is 6.54 Å². The molecule has 6 heteroatoms. The average molecular weight is 297 g/mol. The third kappa shape index (κ3) is 2.35. The van der Waals surface area contributed by atoms with Gasteiger partial charge in [-0.05, 0) is 55.8 Å². The molecule has 0 unspecified atom stereocenters. The Morgan fingerprint density at radius 1 is 1.05 bits per heavy atom. The van der Waals surface area contributed by atoms with Gasteiger partial charge in [-0.15, -0.1) is 10.2 Å². The molecule has 2 aromatic heterocycles. The zero-order valence-corrected chi connectivity index (χ0v) is 12.0. The van der Waals surface area contributed by atoms with Crippen molar-refractivity contribution >= 4 is 5.65 Å². The van der Waals surface area contributed by atoms with E-state index in [1.807, 2.05) is 12.1 Å². The molecule has 1 fully saturated rings. The van der Waals surface area contributed by atoms with E-state index in [1.54, 1.807) is 16.6 Å². The first-order chi connectivity index (χ1) is 10.8. The van der Waals surface area contributed by atoms with Crippen LogP contribution in [-0.2, 0) is 0 Å². The molecule has 3 heterocycles. The van der Waals surface area contributed by atoms with Crippen molar-refractivity contribution in [3.63, 3.8) is 0 Å². The maximum absolute atomic E-state index is 13.1. The average Bonchev–Trinajstić information content (AvgIpc) is 2.99. The number of halogens is 1. The largest absolute Gasteiger partial charge is 0.307 e. The highest BCUT2D eigenvalue weighted by Gasteiger charge is 2.21. The summed E-state index contributed by atoms with van der Waals surface area (Å²) in [6, 6.07) is 10.3. The Kier molecular flexibility index (Phi) is 3.31. The maximum atomic E-state index is 13.1. The molecule has 0 bridgehead atoms. The van der Waals surface area contributed by atoms with Crippen molar-refractivity contribution in [1.82, 2.24) is 25.1 Å². The number of piperidine rings is 1. The van der Waals surface area contributed by atoms with Crippen LogP contribution in [0.5, 0.6) is 0 Å². The summed E-state index contributed by atoms with van der Waals surface area (Å²) in [7, 11) is 0. The van der Waals surface area contributed by atoms with E-state index < -0.39 is 0 Å². The van der Waals surface area contributed by atoms with Crippen molar-refractivity contribution in [1.29, 1.82) is 0 Å². The minimum absolute atomic E-state index is 0.194. The van der Waals surface area contributed by atoms with Gasteiger partial charge in [-0.3, -0.25) is 0 Å². The van der Waals surface area contributed by atoms with Crippen LogP contribution < -0.4 is 5.32 Å². The molecule has 0 spiro atoms. The van der Waals surface area contributed by atoms with Gasteiger partial charge in [-0.1, -0.05) is 6.42 Å². The predicted octanol–water partition coefficient (Wildman–Crippen LogP) is 2.75. The van der Waals surface area contributed by atoms with E-state index in [4.69, 9.17) is 0 Å². The van der Waals surface area contributed by atoms with Gasteiger partial charge in [-0.25, -0.2) is 4.39 Å². The highest BCUT2D eigenvalue weighted by molar-refractivity contribution is 5.60. The quantitative estimate of drug-likeness (QED) is 0.790. The lowest BCUT2D eigenvalue weighted by atomic mass is 10.0. The summed E-state index contributed by atoms with van der Waals surface area (Å²) in [5.41, 5.74) is 2.39. The van der Waals surface area contributed by atoms with Crippen LogP contribution in [0.15, 0.2) is 36.4 Å². The van der Waals surface area contributed by atoms with Crippen molar-refractivity contribution in [3.8, 4) is 11.3 Å². The summed E-state index contributed by atoms with van der Waals surface area (Å²) < 4.78 is 14.9. The van der Waals surface area contributed by atoms with Crippen LogP contribution in [0.2, 0.25) is 0 Å². The van der Waals surface area contributed by atoms with Gasteiger partial charge in [0.25, 0.3) is 0 Å². The smallest absolute Gasteiger partial charge is 0.178 e. The van der Waals surface area contributed by atoms with Gasteiger partial charge in [-0.2, -0.15) is 9.61 Å². The number of fused-ring (bicyclic) bond motifs is 1. The van der Waals surface area contributed by atoms with Gasteiger partial charge in [0, 0.05) is 5.56 Å². The highest BCUT2D eigenvalue weighted by atomic mass is 19.1. The van der Waals surface area contributed by atoms with Crippen LogP contribution in [0.25, 0.3) is 16.9 Å². The van der Waals surface area contributed by atoms with Gasteiger partial charge in [0.2, 0.25) is 0 Å². The van der Waals surface area contributed by atoms with Crippen LogP contribution in [-0.4, -0.2) is 26.4 Å². The topological polar surface area (TPSA) is 55.1 Å². The minimum Gasteiger partial charge on any atom is -0.307 e. The zero-order valence-electron chi connectivity index (χ0n) is 12.0. The van der Waals surface area contributed by atoms with Crippen LogP contribution in [0.3, 0.4) is 0 Å². The van der Waals surface area contributed by atoms with E-state index in [0.717, 1.165) is 35.7 Å². The number of rotatable bonds is 2. The molecule has 1 aliphatic rings. The fraction of sp³-hybridized carbons (Fsp3) is 0.312. The summed E-state index contributed by atoms with van der Waals surface area (Å²) in [6.07, 6.45) is 3.43. The van der Waals surface area contributed by atoms with Crippen molar-refractivity contribution in [2.24, 2.45) is 0 Å². The maximum Gasteiger partial charge on any atom is 0.178 e. The molecular weight excluding hydrogens is 281 g/mol. The summed E-state index contributed by atoms with van der Waals surface area (Å²) in [6.45, 7) is 0.997. The standard InChI is InChI=1S/C16H16FN5/c17-12-6-4-11(5-7-12)13-8-9-15-19-20-16(22(15)21-13)14-3-1-2-10-18-14/h4-9,14,18H,1-3,10H2/t14-/m1/s1. The van der Waals surface area contributed by atoms with E-state index in [0.29, 0.717) is 0 Å². The second-order valence-corrected chi connectivity index (χ2v) is 5.56. The zero-order chi connectivity index (χ0) is 14.9. The first-order valence-electron chi connectivity index (χ1n) is 7.53. The van der Waals surface area contributed by atoms with Crippen LogP contribution >= 0.6 is 0 Å². The van der Waals surface area contributed by atoms with Crippen LogP contribution in [0.4, 0.5) is 4.39 Å². The predicted molar refractivity (Wildman–Crippen MR) is 80.8 cm³/mol. The Balaban J connectivity index is 1.77. The summed E-state index contributed by atoms with van der Waals surface area (Å²) in [5.74, 6) is 0.597. The molecule has 3 aromatic rings. The highest BCUT2D eigenvalue weighted by Crippen LogP contribution is 2.23. The first-order valence-corrected chi connectivity index (χ1v) is 7.53. The molecule has 1 aromatic carbocycles. The summed E-state index contributed by atoms with van der Waals surface area (Å²) in [4.78, 5) is 0. The molecular formula is C16H16FN5.